The second kappa shape index (κ2) is 6.02. The Morgan fingerprint density at radius 3 is 2.62 bits per heavy atom. The van der Waals surface area contributed by atoms with E-state index in [0.717, 1.165) is 18.5 Å². The zero-order chi connectivity index (χ0) is 11.4. The van der Waals surface area contributed by atoms with Crippen LogP contribution in [0, 0.1) is 5.92 Å². The molecule has 1 saturated heterocycles. The van der Waals surface area contributed by atoms with Crippen molar-refractivity contribution < 1.29 is 0 Å². The maximum Gasteiger partial charge on any atom is 0.0246 e. The number of nitrogens with one attached hydrogen (secondary N) is 1. The predicted molar refractivity (Wildman–Crippen MR) is 69.7 cm³/mol. The number of rotatable bonds is 5. The monoisotopic (exact) mass is 224 g/mol. The van der Waals surface area contributed by atoms with Crippen LogP contribution in [-0.2, 0) is 0 Å². The summed E-state index contributed by atoms with van der Waals surface area (Å²) in [6.07, 6.45) is 8.70. The molecule has 0 spiro atoms. The van der Waals surface area contributed by atoms with Crippen LogP contribution in [0.5, 0.6) is 0 Å². The van der Waals surface area contributed by atoms with E-state index in [0.29, 0.717) is 6.04 Å². The number of likely N-dealkylation sites (N-methyl/N-ethyl adjacent to an activating group) is 1. The highest BCUT2D eigenvalue weighted by Gasteiger charge is 2.30. The quantitative estimate of drug-likeness (QED) is 0.772. The normalized spacial score (nSPS) is 30.0. The molecule has 2 atom stereocenters. The third-order valence-corrected chi connectivity index (χ3v) is 4.48. The fourth-order valence-corrected chi connectivity index (χ4v) is 3.27. The molecule has 2 heteroatoms. The Hall–Kier alpha value is -0.0800. The first-order chi connectivity index (χ1) is 7.81. The maximum absolute atomic E-state index is 3.61. The second-order valence-electron chi connectivity index (χ2n) is 5.70. The van der Waals surface area contributed by atoms with Gasteiger partial charge in [0.1, 0.15) is 0 Å². The largest absolute Gasteiger partial charge is 0.313 e. The van der Waals surface area contributed by atoms with Crippen LogP contribution in [0.15, 0.2) is 0 Å². The molecule has 0 amide bonds. The molecule has 1 heterocycles. The average molecular weight is 224 g/mol. The zero-order valence-electron chi connectivity index (χ0n) is 11.0. The molecule has 1 aliphatic heterocycles. The van der Waals surface area contributed by atoms with Crippen molar-refractivity contribution in [3.8, 4) is 0 Å². The predicted octanol–water partition coefficient (Wildman–Crippen LogP) is 2.64. The van der Waals surface area contributed by atoms with Gasteiger partial charge in [0.25, 0.3) is 0 Å². The van der Waals surface area contributed by atoms with E-state index in [1.807, 2.05) is 0 Å². The molecule has 2 aliphatic rings. The lowest BCUT2D eigenvalue weighted by Gasteiger charge is -2.42. The molecular weight excluding hydrogens is 196 g/mol. The molecule has 1 saturated carbocycles. The summed E-state index contributed by atoms with van der Waals surface area (Å²) in [6, 6.07) is 1.47. The maximum atomic E-state index is 3.61. The molecule has 0 aromatic heterocycles. The summed E-state index contributed by atoms with van der Waals surface area (Å²) in [6.45, 7) is 8.41. The zero-order valence-corrected chi connectivity index (χ0v) is 11.0. The van der Waals surface area contributed by atoms with Crippen molar-refractivity contribution in [3.05, 3.63) is 0 Å². The van der Waals surface area contributed by atoms with Crippen LogP contribution < -0.4 is 5.32 Å². The lowest BCUT2D eigenvalue weighted by molar-refractivity contribution is 0.0814. The van der Waals surface area contributed by atoms with E-state index in [2.05, 4.69) is 24.1 Å². The van der Waals surface area contributed by atoms with Crippen molar-refractivity contribution in [2.45, 2.75) is 64.5 Å². The van der Waals surface area contributed by atoms with Crippen LogP contribution in [0.1, 0.15) is 52.4 Å². The molecular formula is C14H28N2. The van der Waals surface area contributed by atoms with Crippen LogP contribution in [0.2, 0.25) is 0 Å². The third kappa shape index (κ3) is 2.98. The van der Waals surface area contributed by atoms with E-state index in [4.69, 9.17) is 0 Å². The summed E-state index contributed by atoms with van der Waals surface area (Å²) in [5.74, 6) is 1.02. The topological polar surface area (TPSA) is 15.3 Å². The van der Waals surface area contributed by atoms with Gasteiger partial charge < -0.3 is 5.32 Å². The van der Waals surface area contributed by atoms with Gasteiger partial charge in [0.2, 0.25) is 0 Å². The Balaban J connectivity index is 1.85. The summed E-state index contributed by atoms with van der Waals surface area (Å²) >= 11 is 0. The van der Waals surface area contributed by atoms with Gasteiger partial charge in [-0.1, -0.05) is 19.8 Å². The van der Waals surface area contributed by atoms with E-state index in [1.54, 1.807) is 0 Å². The summed E-state index contributed by atoms with van der Waals surface area (Å²) in [4.78, 5) is 2.78. The molecule has 0 radical (unpaired) electrons. The number of hydrogen-bond acceptors (Lipinski definition) is 2. The third-order valence-electron chi connectivity index (χ3n) is 4.48. The standard InChI is InChI=1S/C14H28N2/c1-3-15-12(2)14-9-4-5-10-16(14)11-13-7-6-8-13/h12-15H,3-11H2,1-2H3. The molecule has 94 valence electrons. The summed E-state index contributed by atoms with van der Waals surface area (Å²) in [5, 5.41) is 3.61. The molecule has 0 bridgehead atoms. The van der Waals surface area contributed by atoms with E-state index < -0.39 is 0 Å². The van der Waals surface area contributed by atoms with Crippen molar-refractivity contribution in [3.63, 3.8) is 0 Å². The van der Waals surface area contributed by atoms with Crippen LogP contribution in [0.3, 0.4) is 0 Å². The van der Waals surface area contributed by atoms with Crippen molar-refractivity contribution in [1.82, 2.24) is 10.2 Å². The Morgan fingerprint density at radius 1 is 1.19 bits per heavy atom. The first-order valence-corrected chi connectivity index (χ1v) is 7.28. The Kier molecular flexibility index (Phi) is 4.66. The first kappa shape index (κ1) is 12.4. The van der Waals surface area contributed by atoms with Crippen molar-refractivity contribution in [2.24, 2.45) is 5.92 Å². The van der Waals surface area contributed by atoms with Crippen molar-refractivity contribution >= 4 is 0 Å². The van der Waals surface area contributed by atoms with Gasteiger partial charge in [0.15, 0.2) is 0 Å². The molecule has 2 nitrogen and oxygen atoms in total. The number of hydrogen-bond donors (Lipinski definition) is 1. The molecule has 0 aromatic carbocycles. The number of nitrogens with zero attached hydrogens (tertiary/aromatic N) is 1. The van der Waals surface area contributed by atoms with E-state index >= 15 is 0 Å². The number of likely N-dealkylation sites (tertiary alicyclic amines) is 1. The molecule has 2 fully saturated rings. The highest BCUT2D eigenvalue weighted by molar-refractivity contribution is 4.87. The van der Waals surface area contributed by atoms with E-state index in [-0.39, 0.29) is 0 Å². The number of piperidine rings is 1. The van der Waals surface area contributed by atoms with Crippen LogP contribution in [0.4, 0.5) is 0 Å². The molecule has 16 heavy (non-hydrogen) atoms. The Morgan fingerprint density at radius 2 is 2.00 bits per heavy atom. The lowest BCUT2D eigenvalue weighted by Crippen LogP contribution is -2.52. The van der Waals surface area contributed by atoms with Gasteiger partial charge in [0, 0.05) is 18.6 Å². The highest BCUT2D eigenvalue weighted by Crippen LogP contribution is 2.30. The summed E-state index contributed by atoms with van der Waals surface area (Å²) in [5.41, 5.74) is 0. The van der Waals surface area contributed by atoms with Crippen LogP contribution >= 0.6 is 0 Å². The van der Waals surface area contributed by atoms with Gasteiger partial charge in [-0.25, -0.2) is 0 Å². The van der Waals surface area contributed by atoms with Crippen molar-refractivity contribution in [1.29, 1.82) is 0 Å². The van der Waals surface area contributed by atoms with Gasteiger partial charge in [-0.05, 0) is 51.6 Å². The van der Waals surface area contributed by atoms with Gasteiger partial charge in [0.05, 0.1) is 0 Å². The van der Waals surface area contributed by atoms with Gasteiger partial charge in [-0.15, -0.1) is 0 Å². The molecule has 2 rings (SSSR count). The summed E-state index contributed by atoms with van der Waals surface area (Å²) < 4.78 is 0. The molecule has 0 aromatic rings. The van der Waals surface area contributed by atoms with Gasteiger partial charge in [-0.3, -0.25) is 4.90 Å². The average Bonchev–Trinajstić information content (AvgIpc) is 2.24. The fraction of sp³-hybridized carbons (Fsp3) is 1.00. The van der Waals surface area contributed by atoms with Gasteiger partial charge >= 0.3 is 0 Å². The minimum absolute atomic E-state index is 0.672. The fourth-order valence-electron chi connectivity index (χ4n) is 3.27. The van der Waals surface area contributed by atoms with Crippen LogP contribution in [-0.4, -0.2) is 36.6 Å². The highest BCUT2D eigenvalue weighted by atomic mass is 15.2. The summed E-state index contributed by atoms with van der Waals surface area (Å²) in [7, 11) is 0. The van der Waals surface area contributed by atoms with E-state index in [9.17, 15) is 0 Å². The molecule has 2 unspecified atom stereocenters. The minimum atomic E-state index is 0.672. The minimum Gasteiger partial charge on any atom is -0.313 e. The Labute approximate surface area is 101 Å². The van der Waals surface area contributed by atoms with Crippen molar-refractivity contribution in [2.75, 3.05) is 19.6 Å². The SMILES string of the molecule is CCNC(C)C1CCCCN1CC1CCC1. The smallest absolute Gasteiger partial charge is 0.0246 e. The Bertz CT molecular complexity index is 201. The lowest BCUT2D eigenvalue weighted by atomic mass is 9.83. The second-order valence-corrected chi connectivity index (χ2v) is 5.70. The van der Waals surface area contributed by atoms with Crippen LogP contribution in [0.25, 0.3) is 0 Å². The molecule has 1 N–H and O–H groups in total. The van der Waals surface area contributed by atoms with E-state index in [1.165, 1.54) is 51.6 Å². The molecule has 1 aliphatic carbocycles. The first-order valence-electron chi connectivity index (χ1n) is 7.28. The van der Waals surface area contributed by atoms with Gasteiger partial charge in [-0.2, -0.15) is 0 Å².